The number of phenolic OH excluding ortho intramolecular Hbond substituents is 3. The zero-order valence-corrected chi connectivity index (χ0v) is 16.1. The average molecular weight is 400 g/mol. The van der Waals surface area contributed by atoms with Crippen molar-refractivity contribution in [2.45, 2.75) is 57.2 Å². The van der Waals surface area contributed by atoms with E-state index in [9.17, 15) is 25.2 Å². The number of benzene rings is 2. The average Bonchev–Trinajstić information content (AvgIpc) is 2.99. The maximum atomic E-state index is 12.5. The molecule has 3 atom stereocenters. The third-order valence-electron chi connectivity index (χ3n) is 5.64. The minimum atomic E-state index is -0.980. The lowest BCUT2D eigenvalue weighted by Gasteiger charge is -2.33. The summed E-state index contributed by atoms with van der Waals surface area (Å²) in [6.07, 6.45) is 1.82. The summed E-state index contributed by atoms with van der Waals surface area (Å²) in [4.78, 5) is 12.5. The number of carbonyl (C=O) groups is 1. The zero-order valence-electron chi connectivity index (χ0n) is 16.1. The van der Waals surface area contributed by atoms with Gasteiger partial charge in [0.1, 0.15) is 23.4 Å². The fraction of sp³-hybridized carbons (Fsp3) is 0.409. The Balaban J connectivity index is 1.74. The van der Waals surface area contributed by atoms with Crippen molar-refractivity contribution in [2.24, 2.45) is 0 Å². The lowest BCUT2D eigenvalue weighted by atomic mass is 9.87. The molecule has 3 unspecified atom stereocenters. The number of rotatable bonds is 5. The number of ether oxygens (including phenoxy) is 2. The predicted octanol–water partition coefficient (Wildman–Crippen LogP) is 3.42. The van der Waals surface area contributed by atoms with Crippen LogP contribution in [0.1, 0.15) is 61.3 Å². The van der Waals surface area contributed by atoms with Crippen molar-refractivity contribution < 1.29 is 34.7 Å². The first-order valence-electron chi connectivity index (χ1n) is 9.87. The van der Waals surface area contributed by atoms with E-state index in [0.717, 1.165) is 19.3 Å². The van der Waals surface area contributed by atoms with Gasteiger partial charge in [0, 0.05) is 18.1 Å². The second-order valence-electron chi connectivity index (χ2n) is 7.64. The van der Waals surface area contributed by atoms with Crippen LogP contribution in [-0.2, 0) is 11.2 Å². The molecule has 0 spiro atoms. The molecule has 4 rings (SSSR count). The monoisotopic (exact) mass is 400 g/mol. The van der Waals surface area contributed by atoms with Gasteiger partial charge in [0.05, 0.1) is 17.6 Å². The fourth-order valence-electron chi connectivity index (χ4n) is 4.11. The smallest absolute Gasteiger partial charge is 0.319 e. The summed E-state index contributed by atoms with van der Waals surface area (Å²) in [5, 5.41) is 40.4. The maximum absolute atomic E-state index is 12.5. The SMILES string of the molecule is CCCCCC1C(=O)Oc2cc(O)c3c(c21)OC(c1ccc(O)c(O)c1)C(O)C3. The van der Waals surface area contributed by atoms with E-state index in [1.165, 1.54) is 18.2 Å². The van der Waals surface area contributed by atoms with E-state index < -0.39 is 18.1 Å². The highest BCUT2D eigenvalue weighted by molar-refractivity contribution is 5.88. The Kier molecular flexibility index (Phi) is 5.00. The normalized spacial score (nSPS) is 22.6. The molecule has 0 fully saturated rings. The fourth-order valence-corrected chi connectivity index (χ4v) is 4.11. The number of phenols is 3. The molecule has 0 amide bonds. The first kappa shape index (κ1) is 19.4. The molecule has 2 aliphatic heterocycles. The number of hydrogen-bond acceptors (Lipinski definition) is 7. The molecule has 4 N–H and O–H groups in total. The van der Waals surface area contributed by atoms with E-state index in [1.54, 1.807) is 6.07 Å². The third kappa shape index (κ3) is 3.35. The summed E-state index contributed by atoms with van der Waals surface area (Å²) >= 11 is 0. The molecule has 2 aliphatic rings. The highest BCUT2D eigenvalue weighted by Gasteiger charge is 2.42. The Labute approximate surface area is 168 Å². The van der Waals surface area contributed by atoms with Crippen molar-refractivity contribution in [3.8, 4) is 28.7 Å². The third-order valence-corrected chi connectivity index (χ3v) is 5.64. The minimum Gasteiger partial charge on any atom is -0.507 e. The minimum absolute atomic E-state index is 0.0909. The number of fused-ring (bicyclic) bond motifs is 3. The highest BCUT2D eigenvalue weighted by Crippen LogP contribution is 2.52. The van der Waals surface area contributed by atoms with E-state index in [1.807, 2.05) is 0 Å². The van der Waals surface area contributed by atoms with Crippen LogP contribution in [0, 0.1) is 0 Å². The van der Waals surface area contributed by atoms with Crippen LogP contribution in [0.2, 0.25) is 0 Å². The van der Waals surface area contributed by atoms with Gasteiger partial charge in [0.2, 0.25) is 0 Å². The molecule has 2 aromatic carbocycles. The molecule has 0 aromatic heterocycles. The molecule has 7 nitrogen and oxygen atoms in total. The van der Waals surface area contributed by atoms with E-state index in [4.69, 9.17) is 9.47 Å². The Morgan fingerprint density at radius 1 is 1.07 bits per heavy atom. The van der Waals surface area contributed by atoms with Crippen LogP contribution >= 0.6 is 0 Å². The zero-order chi connectivity index (χ0) is 20.7. The van der Waals surface area contributed by atoms with Crippen molar-refractivity contribution in [3.63, 3.8) is 0 Å². The van der Waals surface area contributed by atoms with Crippen LogP contribution in [0.3, 0.4) is 0 Å². The van der Waals surface area contributed by atoms with Crippen LogP contribution in [0.4, 0.5) is 0 Å². The largest absolute Gasteiger partial charge is 0.507 e. The molecular weight excluding hydrogens is 376 g/mol. The Morgan fingerprint density at radius 3 is 2.59 bits per heavy atom. The standard InChI is InChI=1S/C22H24O7/c1-2-3-4-5-12-19-18(28-22(12)27)10-15(24)13-9-17(26)20(29-21(13)19)11-6-7-14(23)16(25)8-11/h6-8,10,12,17,20,23-26H,2-5,9H2,1H3. The Morgan fingerprint density at radius 2 is 1.86 bits per heavy atom. The molecule has 0 radical (unpaired) electrons. The first-order valence-corrected chi connectivity index (χ1v) is 9.87. The van der Waals surface area contributed by atoms with Gasteiger partial charge in [-0.3, -0.25) is 4.79 Å². The molecule has 0 aliphatic carbocycles. The van der Waals surface area contributed by atoms with Gasteiger partial charge in [0.25, 0.3) is 0 Å². The molecule has 7 heteroatoms. The van der Waals surface area contributed by atoms with Gasteiger partial charge in [-0.05, 0) is 24.1 Å². The van der Waals surface area contributed by atoms with E-state index in [0.29, 0.717) is 28.9 Å². The van der Waals surface area contributed by atoms with Crippen molar-refractivity contribution in [1.82, 2.24) is 0 Å². The molecule has 0 saturated carbocycles. The van der Waals surface area contributed by atoms with Gasteiger partial charge in [-0.25, -0.2) is 0 Å². The summed E-state index contributed by atoms with van der Waals surface area (Å²) < 4.78 is 11.5. The number of aliphatic hydroxyl groups excluding tert-OH is 1. The van der Waals surface area contributed by atoms with Crippen molar-refractivity contribution >= 4 is 5.97 Å². The molecule has 0 bridgehead atoms. The summed E-state index contributed by atoms with van der Waals surface area (Å²) in [5.74, 6) is -0.875. The van der Waals surface area contributed by atoms with Gasteiger partial charge >= 0.3 is 5.97 Å². The van der Waals surface area contributed by atoms with Gasteiger partial charge in [-0.2, -0.15) is 0 Å². The topological polar surface area (TPSA) is 116 Å². The number of aliphatic hydroxyl groups is 1. The summed E-state index contributed by atoms with van der Waals surface area (Å²) in [5.41, 5.74) is 1.52. The first-order chi connectivity index (χ1) is 13.9. The summed E-state index contributed by atoms with van der Waals surface area (Å²) in [6.45, 7) is 2.09. The van der Waals surface area contributed by atoms with Gasteiger partial charge in [-0.15, -0.1) is 0 Å². The maximum Gasteiger partial charge on any atom is 0.319 e. The van der Waals surface area contributed by atoms with Crippen LogP contribution in [0.5, 0.6) is 28.7 Å². The quantitative estimate of drug-likeness (QED) is 0.263. The van der Waals surface area contributed by atoms with E-state index in [2.05, 4.69) is 6.92 Å². The molecule has 2 aromatic rings. The van der Waals surface area contributed by atoms with Crippen LogP contribution in [-0.4, -0.2) is 32.5 Å². The Hall–Kier alpha value is -2.93. The predicted molar refractivity (Wildman–Crippen MR) is 103 cm³/mol. The lowest BCUT2D eigenvalue weighted by molar-refractivity contribution is -0.134. The molecule has 0 saturated heterocycles. The molecule has 154 valence electrons. The number of esters is 1. The lowest BCUT2D eigenvalue weighted by Crippen LogP contribution is -2.31. The van der Waals surface area contributed by atoms with Crippen molar-refractivity contribution in [1.29, 1.82) is 0 Å². The van der Waals surface area contributed by atoms with Gasteiger partial charge in [-0.1, -0.05) is 32.3 Å². The van der Waals surface area contributed by atoms with Crippen LogP contribution in [0.25, 0.3) is 0 Å². The highest BCUT2D eigenvalue weighted by atomic mass is 16.5. The van der Waals surface area contributed by atoms with Gasteiger partial charge in [0.15, 0.2) is 11.5 Å². The van der Waals surface area contributed by atoms with E-state index in [-0.39, 0.29) is 35.4 Å². The van der Waals surface area contributed by atoms with Gasteiger partial charge < -0.3 is 29.9 Å². The molecule has 2 heterocycles. The molecular formula is C22H24O7. The summed E-state index contributed by atoms with van der Waals surface area (Å²) in [7, 11) is 0. The number of unbranched alkanes of at least 4 members (excludes halogenated alkanes) is 2. The molecule has 29 heavy (non-hydrogen) atoms. The van der Waals surface area contributed by atoms with Crippen molar-refractivity contribution in [3.05, 3.63) is 41.0 Å². The number of hydrogen-bond donors (Lipinski definition) is 4. The van der Waals surface area contributed by atoms with E-state index >= 15 is 0 Å². The summed E-state index contributed by atoms with van der Waals surface area (Å²) in [6, 6.07) is 5.62. The second kappa shape index (κ2) is 7.48. The van der Waals surface area contributed by atoms with Crippen LogP contribution < -0.4 is 9.47 Å². The number of aromatic hydroxyl groups is 3. The Bertz CT molecular complexity index is 953. The van der Waals surface area contributed by atoms with Crippen LogP contribution in [0.15, 0.2) is 24.3 Å². The number of carbonyl (C=O) groups excluding carboxylic acids is 1. The second-order valence-corrected chi connectivity index (χ2v) is 7.64. The van der Waals surface area contributed by atoms with Crippen molar-refractivity contribution in [2.75, 3.05) is 0 Å².